The van der Waals surface area contributed by atoms with Gasteiger partial charge < -0.3 is 10.6 Å². The Hall–Kier alpha value is -0.220. The summed E-state index contributed by atoms with van der Waals surface area (Å²) in [6.45, 7) is 1.02. The summed E-state index contributed by atoms with van der Waals surface area (Å²) in [5, 5.41) is 0. The Labute approximate surface area is 78.1 Å². The molecular formula is C9H18F2N2. The van der Waals surface area contributed by atoms with Crippen molar-refractivity contribution in [2.75, 3.05) is 20.1 Å². The number of hydrogen-bond donors (Lipinski definition) is 1. The smallest absolute Gasteiger partial charge is 0.250 e. The van der Waals surface area contributed by atoms with Crippen molar-refractivity contribution in [3.8, 4) is 0 Å². The summed E-state index contributed by atoms with van der Waals surface area (Å²) < 4.78 is 26.3. The fourth-order valence-electron chi connectivity index (χ4n) is 1.90. The topological polar surface area (TPSA) is 29.3 Å². The first-order chi connectivity index (χ1) is 6.05. The third-order valence-electron chi connectivity index (χ3n) is 2.72. The molecule has 1 atom stereocenters. The highest BCUT2D eigenvalue weighted by Crippen LogP contribution is 2.29. The first kappa shape index (κ1) is 10.9. The number of halogens is 2. The lowest BCUT2D eigenvalue weighted by atomic mass is 10.0. The minimum absolute atomic E-state index is 0.0271. The lowest BCUT2D eigenvalue weighted by molar-refractivity contribution is -0.0307. The molecule has 0 radical (unpaired) electrons. The van der Waals surface area contributed by atoms with E-state index in [0.717, 1.165) is 19.4 Å². The van der Waals surface area contributed by atoms with Crippen LogP contribution >= 0.6 is 0 Å². The van der Waals surface area contributed by atoms with Crippen LogP contribution in [-0.2, 0) is 0 Å². The Balaban J connectivity index is 2.37. The third kappa shape index (κ3) is 3.19. The minimum Gasteiger partial charge on any atom is -0.330 e. The Kier molecular flexibility index (Phi) is 3.62. The fourth-order valence-corrected chi connectivity index (χ4v) is 1.90. The molecule has 1 aliphatic heterocycles. The van der Waals surface area contributed by atoms with E-state index in [4.69, 9.17) is 5.73 Å². The molecule has 2 nitrogen and oxygen atoms in total. The fraction of sp³-hybridized carbons (Fsp3) is 1.00. The van der Waals surface area contributed by atoms with Crippen molar-refractivity contribution in [2.45, 2.75) is 37.6 Å². The molecule has 1 fully saturated rings. The summed E-state index contributed by atoms with van der Waals surface area (Å²) in [6.07, 6.45) is 1.73. The standard InChI is InChI=1S/C9H18F2N2/c1-13-6-2-3-8(13)7-9(10,11)4-5-12/h8H,2-7,12H2,1H3. The van der Waals surface area contributed by atoms with E-state index in [-0.39, 0.29) is 25.4 Å². The van der Waals surface area contributed by atoms with Crippen LogP contribution in [-0.4, -0.2) is 37.0 Å². The second-order valence-corrected chi connectivity index (χ2v) is 3.88. The maximum Gasteiger partial charge on any atom is 0.250 e. The van der Waals surface area contributed by atoms with Gasteiger partial charge in [-0.25, -0.2) is 8.78 Å². The average molecular weight is 192 g/mol. The van der Waals surface area contributed by atoms with Gasteiger partial charge in [-0.2, -0.15) is 0 Å². The number of alkyl halides is 2. The minimum atomic E-state index is -2.57. The molecule has 0 aliphatic carbocycles. The predicted molar refractivity (Wildman–Crippen MR) is 48.9 cm³/mol. The van der Waals surface area contributed by atoms with Gasteiger partial charge in [-0.3, -0.25) is 0 Å². The van der Waals surface area contributed by atoms with Crippen LogP contribution in [0.1, 0.15) is 25.7 Å². The largest absolute Gasteiger partial charge is 0.330 e. The molecule has 4 heteroatoms. The molecule has 0 aromatic carbocycles. The summed E-state index contributed by atoms with van der Waals surface area (Å²) in [5.74, 6) is -2.57. The van der Waals surface area contributed by atoms with Gasteiger partial charge in [0.25, 0.3) is 5.92 Å². The molecule has 0 bridgehead atoms. The van der Waals surface area contributed by atoms with E-state index >= 15 is 0 Å². The van der Waals surface area contributed by atoms with Crippen molar-refractivity contribution in [1.82, 2.24) is 4.90 Å². The SMILES string of the molecule is CN1CCCC1CC(F)(F)CCN. The molecule has 13 heavy (non-hydrogen) atoms. The summed E-state index contributed by atoms with van der Waals surface area (Å²) in [7, 11) is 1.91. The molecule has 1 rings (SSSR count). The molecule has 0 amide bonds. The summed E-state index contributed by atoms with van der Waals surface area (Å²) in [5.41, 5.74) is 5.13. The Bertz CT molecular complexity index is 162. The molecule has 0 aromatic heterocycles. The van der Waals surface area contributed by atoms with Gasteiger partial charge in [0.2, 0.25) is 0 Å². The highest BCUT2D eigenvalue weighted by Gasteiger charge is 2.34. The van der Waals surface area contributed by atoms with Gasteiger partial charge in [-0.15, -0.1) is 0 Å². The molecule has 0 spiro atoms. The number of nitrogens with two attached hydrogens (primary N) is 1. The molecule has 1 heterocycles. The van der Waals surface area contributed by atoms with Crippen LogP contribution in [0.25, 0.3) is 0 Å². The average Bonchev–Trinajstić information content (AvgIpc) is 2.35. The first-order valence-electron chi connectivity index (χ1n) is 4.83. The lowest BCUT2D eigenvalue weighted by Gasteiger charge is -2.24. The van der Waals surface area contributed by atoms with Crippen molar-refractivity contribution in [2.24, 2.45) is 5.73 Å². The van der Waals surface area contributed by atoms with E-state index in [1.54, 1.807) is 0 Å². The zero-order chi connectivity index (χ0) is 9.90. The van der Waals surface area contributed by atoms with Gasteiger partial charge in [0.15, 0.2) is 0 Å². The van der Waals surface area contributed by atoms with E-state index < -0.39 is 5.92 Å². The van der Waals surface area contributed by atoms with Gasteiger partial charge in [0.1, 0.15) is 0 Å². The zero-order valence-electron chi connectivity index (χ0n) is 8.10. The monoisotopic (exact) mass is 192 g/mol. The molecule has 0 saturated carbocycles. The Morgan fingerprint density at radius 3 is 2.69 bits per heavy atom. The van der Waals surface area contributed by atoms with Crippen LogP contribution in [0.2, 0.25) is 0 Å². The van der Waals surface area contributed by atoms with Crippen molar-refractivity contribution in [3.05, 3.63) is 0 Å². The van der Waals surface area contributed by atoms with Crippen molar-refractivity contribution >= 4 is 0 Å². The zero-order valence-corrected chi connectivity index (χ0v) is 8.10. The van der Waals surface area contributed by atoms with Crippen LogP contribution in [0.15, 0.2) is 0 Å². The number of likely N-dealkylation sites (tertiary alicyclic amines) is 1. The van der Waals surface area contributed by atoms with E-state index in [2.05, 4.69) is 0 Å². The van der Waals surface area contributed by atoms with Gasteiger partial charge >= 0.3 is 0 Å². The number of rotatable bonds is 4. The summed E-state index contributed by atoms with van der Waals surface area (Å²) in [6, 6.07) is 0.0570. The highest BCUT2D eigenvalue weighted by molar-refractivity contribution is 4.82. The molecule has 1 saturated heterocycles. The molecule has 1 unspecified atom stereocenters. The maximum atomic E-state index is 13.1. The van der Waals surface area contributed by atoms with Crippen LogP contribution in [0, 0.1) is 0 Å². The van der Waals surface area contributed by atoms with Crippen LogP contribution in [0.3, 0.4) is 0 Å². The van der Waals surface area contributed by atoms with Gasteiger partial charge in [-0.1, -0.05) is 0 Å². The van der Waals surface area contributed by atoms with Crippen molar-refractivity contribution in [3.63, 3.8) is 0 Å². The normalized spacial score (nSPS) is 25.4. The first-order valence-corrected chi connectivity index (χ1v) is 4.83. The van der Waals surface area contributed by atoms with Gasteiger partial charge in [0.05, 0.1) is 0 Å². The maximum absolute atomic E-state index is 13.1. The molecule has 2 N–H and O–H groups in total. The second-order valence-electron chi connectivity index (χ2n) is 3.88. The molecule has 1 aliphatic rings. The summed E-state index contributed by atoms with van der Waals surface area (Å²) >= 11 is 0. The quantitative estimate of drug-likeness (QED) is 0.730. The van der Waals surface area contributed by atoms with Crippen LogP contribution in [0.4, 0.5) is 8.78 Å². The Morgan fingerprint density at radius 1 is 1.54 bits per heavy atom. The van der Waals surface area contributed by atoms with Crippen LogP contribution in [0.5, 0.6) is 0 Å². The van der Waals surface area contributed by atoms with Crippen LogP contribution < -0.4 is 5.73 Å². The van der Waals surface area contributed by atoms with Crippen molar-refractivity contribution in [1.29, 1.82) is 0 Å². The van der Waals surface area contributed by atoms with E-state index in [1.165, 1.54) is 0 Å². The van der Waals surface area contributed by atoms with Gasteiger partial charge in [-0.05, 0) is 33.0 Å². The van der Waals surface area contributed by atoms with E-state index in [0.29, 0.717) is 0 Å². The number of hydrogen-bond acceptors (Lipinski definition) is 2. The predicted octanol–water partition coefficient (Wildman–Crippen LogP) is 1.45. The highest BCUT2D eigenvalue weighted by atomic mass is 19.3. The molecule has 0 aromatic rings. The summed E-state index contributed by atoms with van der Waals surface area (Å²) in [4.78, 5) is 2.02. The van der Waals surface area contributed by atoms with E-state index in [1.807, 2.05) is 11.9 Å². The number of nitrogens with zero attached hydrogens (tertiary/aromatic N) is 1. The van der Waals surface area contributed by atoms with Crippen molar-refractivity contribution < 1.29 is 8.78 Å². The Morgan fingerprint density at radius 2 is 2.23 bits per heavy atom. The third-order valence-corrected chi connectivity index (χ3v) is 2.72. The second kappa shape index (κ2) is 4.33. The molecule has 78 valence electrons. The lowest BCUT2D eigenvalue weighted by Crippen LogP contribution is -2.33. The van der Waals surface area contributed by atoms with Gasteiger partial charge in [0, 0.05) is 18.9 Å². The van der Waals surface area contributed by atoms with E-state index in [9.17, 15) is 8.78 Å². The molecular weight excluding hydrogens is 174 g/mol.